The Hall–Kier alpha value is -0.160. The molecule has 0 N–H and O–H groups in total. The number of ether oxygens (including phenoxy) is 4. The number of hydrogen-bond acceptors (Lipinski definition) is 4. The topological polar surface area (TPSA) is 36.9 Å². The molecule has 2 atom stereocenters. The van der Waals surface area contributed by atoms with Crippen molar-refractivity contribution in [3.63, 3.8) is 0 Å². The summed E-state index contributed by atoms with van der Waals surface area (Å²) < 4.78 is 20.8. The Kier molecular flexibility index (Phi) is 3.55. The van der Waals surface area contributed by atoms with Crippen molar-refractivity contribution in [2.24, 2.45) is 0 Å². The van der Waals surface area contributed by atoms with Crippen molar-refractivity contribution >= 4 is 0 Å². The largest absolute Gasteiger partial charge is 0.353 e. The van der Waals surface area contributed by atoms with E-state index in [4.69, 9.17) is 18.9 Å². The summed E-state index contributed by atoms with van der Waals surface area (Å²) in [7, 11) is 0. The fraction of sp³-hybridized carbons (Fsp3) is 1.00. The standard InChI is InChI=1S/C9H16O4/c1(2-8-4-10-6-12-8)3-9-5-11-7-13-9/h8-9H,1-7H2. The van der Waals surface area contributed by atoms with E-state index in [9.17, 15) is 0 Å². The molecule has 0 aromatic carbocycles. The summed E-state index contributed by atoms with van der Waals surface area (Å²) in [5, 5.41) is 0. The van der Waals surface area contributed by atoms with Gasteiger partial charge in [0.25, 0.3) is 0 Å². The minimum Gasteiger partial charge on any atom is -0.353 e. The van der Waals surface area contributed by atoms with Gasteiger partial charge in [-0.15, -0.1) is 0 Å². The molecule has 2 fully saturated rings. The van der Waals surface area contributed by atoms with Crippen LogP contribution in [0.25, 0.3) is 0 Å². The highest BCUT2D eigenvalue weighted by Crippen LogP contribution is 2.15. The van der Waals surface area contributed by atoms with Gasteiger partial charge in [0, 0.05) is 0 Å². The summed E-state index contributed by atoms with van der Waals surface area (Å²) >= 11 is 0. The van der Waals surface area contributed by atoms with Crippen LogP contribution in [0.1, 0.15) is 19.3 Å². The molecule has 4 nitrogen and oxygen atoms in total. The average molecular weight is 188 g/mol. The monoisotopic (exact) mass is 188 g/mol. The summed E-state index contributed by atoms with van der Waals surface area (Å²) in [4.78, 5) is 0. The van der Waals surface area contributed by atoms with Gasteiger partial charge in [-0.2, -0.15) is 0 Å². The molecule has 2 aliphatic rings. The lowest BCUT2D eigenvalue weighted by Gasteiger charge is -2.09. The Labute approximate surface area is 78.1 Å². The summed E-state index contributed by atoms with van der Waals surface area (Å²) in [6.07, 6.45) is 3.88. The predicted octanol–water partition coefficient (Wildman–Crippen LogP) is 0.902. The lowest BCUT2D eigenvalue weighted by Crippen LogP contribution is -2.13. The summed E-state index contributed by atoms with van der Waals surface area (Å²) in [5.74, 6) is 0. The second kappa shape index (κ2) is 4.91. The molecule has 0 aliphatic carbocycles. The molecule has 13 heavy (non-hydrogen) atoms. The quantitative estimate of drug-likeness (QED) is 0.657. The van der Waals surface area contributed by atoms with E-state index in [-0.39, 0.29) is 0 Å². The van der Waals surface area contributed by atoms with Crippen LogP contribution in [0.5, 0.6) is 0 Å². The van der Waals surface area contributed by atoms with E-state index in [2.05, 4.69) is 0 Å². The first-order valence-corrected chi connectivity index (χ1v) is 4.84. The molecule has 2 rings (SSSR count). The molecular formula is C9H16O4. The minimum atomic E-state index is 0.308. The first-order chi connectivity index (χ1) is 6.45. The maximum atomic E-state index is 5.32. The normalized spacial score (nSPS) is 34.2. The highest BCUT2D eigenvalue weighted by molar-refractivity contribution is 4.64. The molecule has 2 heterocycles. The van der Waals surface area contributed by atoms with Gasteiger partial charge in [-0.05, 0) is 19.3 Å². The molecule has 0 amide bonds. The minimum absolute atomic E-state index is 0.308. The van der Waals surface area contributed by atoms with Crippen molar-refractivity contribution in [1.29, 1.82) is 0 Å². The SMILES string of the molecule is C(CC1COCO1)CC1COCO1. The molecule has 0 radical (unpaired) electrons. The summed E-state index contributed by atoms with van der Waals surface area (Å²) in [6, 6.07) is 0. The van der Waals surface area contributed by atoms with E-state index in [1.165, 1.54) is 0 Å². The van der Waals surface area contributed by atoms with Crippen LogP contribution in [0, 0.1) is 0 Å². The molecule has 2 saturated heterocycles. The molecular weight excluding hydrogens is 172 g/mol. The lowest BCUT2D eigenvalue weighted by atomic mass is 10.1. The Bertz CT molecular complexity index is 123. The van der Waals surface area contributed by atoms with Crippen LogP contribution >= 0.6 is 0 Å². The van der Waals surface area contributed by atoms with E-state index in [0.29, 0.717) is 25.8 Å². The third kappa shape index (κ3) is 2.91. The zero-order chi connectivity index (χ0) is 8.93. The van der Waals surface area contributed by atoms with Crippen molar-refractivity contribution in [3.05, 3.63) is 0 Å². The van der Waals surface area contributed by atoms with Gasteiger partial charge in [-0.3, -0.25) is 0 Å². The Morgan fingerprint density at radius 2 is 1.38 bits per heavy atom. The molecule has 2 aliphatic heterocycles. The van der Waals surface area contributed by atoms with Gasteiger partial charge < -0.3 is 18.9 Å². The fourth-order valence-corrected chi connectivity index (χ4v) is 1.65. The molecule has 0 spiro atoms. The van der Waals surface area contributed by atoms with Crippen LogP contribution in [0.3, 0.4) is 0 Å². The van der Waals surface area contributed by atoms with Crippen molar-refractivity contribution in [2.75, 3.05) is 26.8 Å². The molecule has 2 unspecified atom stereocenters. The Morgan fingerprint density at radius 1 is 0.846 bits per heavy atom. The van der Waals surface area contributed by atoms with Crippen molar-refractivity contribution in [1.82, 2.24) is 0 Å². The lowest BCUT2D eigenvalue weighted by molar-refractivity contribution is 0.0364. The Morgan fingerprint density at radius 3 is 1.77 bits per heavy atom. The molecule has 76 valence electrons. The van der Waals surface area contributed by atoms with Crippen LogP contribution in [0.2, 0.25) is 0 Å². The van der Waals surface area contributed by atoms with E-state index in [1.807, 2.05) is 0 Å². The van der Waals surface area contributed by atoms with Crippen LogP contribution in [0.15, 0.2) is 0 Å². The first-order valence-electron chi connectivity index (χ1n) is 4.84. The van der Waals surface area contributed by atoms with Crippen molar-refractivity contribution < 1.29 is 18.9 Å². The van der Waals surface area contributed by atoms with Crippen LogP contribution in [0.4, 0.5) is 0 Å². The van der Waals surface area contributed by atoms with Gasteiger partial charge in [0.2, 0.25) is 0 Å². The van der Waals surface area contributed by atoms with E-state index >= 15 is 0 Å². The molecule has 4 heteroatoms. The summed E-state index contributed by atoms with van der Waals surface area (Å²) in [6.45, 7) is 2.44. The maximum Gasteiger partial charge on any atom is 0.147 e. The third-order valence-electron chi connectivity index (χ3n) is 2.43. The second-order valence-electron chi connectivity index (χ2n) is 3.49. The van der Waals surface area contributed by atoms with E-state index in [0.717, 1.165) is 32.5 Å². The smallest absolute Gasteiger partial charge is 0.147 e. The average Bonchev–Trinajstić information content (AvgIpc) is 2.75. The zero-order valence-electron chi connectivity index (χ0n) is 7.74. The third-order valence-corrected chi connectivity index (χ3v) is 2.43. The predicted molar refractivity (Wildman–Crippen MR) is 45.2 cm³/mol. The first kappa shape index (κ1) is 9.40. The van der Waals surface area contributed by atoms with Crippen LogP contribution in [-0.2, 0) is 18.9 Å². The van der Waals surface area contributed by atoms with Gasteiger partial charge in [0.05, 0.1) is 25.4 Å². The Balaban J connectivity index is 1.52. The van der Waals surface area contributed by atoms with Crippen molar-refractivity contribution in [3.8, 4) is 0 Å². The van der Waals surface area contributed by atoms with Gasteiger partial charge in [-0.1, -0.05) is 0 Å². The molecule has 0 aromatic rings. The van der Waals surface area contributed by atoms with Gasteiger partial charge in [-0.25, -0.2) is 0 Å². The molecule has 0 saturated carbocycles. The van der Waals surface area contributed by atoms with Gasteiger partial charge in [0.1, 0.15) is 13.6 Å². The van der Waals surface area contributed by atoms with Crippen LogP contribution in [-0.4, -0.2) is 39.0 Å². The highest BCUT2D eigenvalue weighted by atomic mass is 16.7. The highest BCUT2D eigenvalue weighted by Gasteiger charge is 2.19. The van der Waals surface area contributed by atoms with Gasteiger partial charge in [0.15, 0.2) is 0 Å². The van der Waals surface area contributed by atoms with E-state index < -0.39 is 0 Å². The second-order valence-corrected chi connectivity index (χ2v) is 3.49. The molecule has 0 aromatic heterocycles. The van der Waals surface area contributed by atoms with Crippen LogP contribution < -0.4 is 0 Å². The fourth-order valence-electron chi connectivity index (χ4n) is 1.65. The van der Waals surface area contributed by atoms with Crippen molar-refractivity contribution in [2.45, 2.75) is 31.5 Å². The zero-order valence-corrected chi connectivity index (χ0v) is 7.74. The summed E-state index contributed by atoms with van der Waals surface area (Å²) in [5.41, 5.74) is 0. The molecule has 0 bridgehead atoms. The number of hydrogen-bond donors (Lipinski definition) is 0. The maximum absolute atomic E-state index is 5.32. The van der Waals surface area contributed by atoms with E-state index in [1.54, 1.807) is 0 Å². The number of rotatable bonds is 4. The van der Waals surface area contributed by atoms with Gasteiger partial charge >= 0.3 is 0 Å².